The summed E-state index contributed by atoms with van der Waals surface area (Å²) in [5, 5.41) is 3.61. The lowest BCUT2D eigenvalue weighted by Gasteiger charge is -2.32. The Kier molecular flexibility index (Phi) is 9.20. The number of amides is 2. The number of hydrogen-bond acceptors (Lipinski definition) is 2. The molecule has 1 atom stereocenters. The van der Waals surface area contributed by atoms with Crippen LogP contribution in [0.15, 0.2) is 54.6 Å². The average molecular weight is 415 g/mol. The van der Waals surface area contributed by atoms with Crippen molar-refractivity contribution in [2.75, 3.05) is 6.54 Å². The highest BCUT2D eigenvalue weighted by Gasteiger charge is 2.30. The topological polar surface area (TPSA) is 49.4 Å². The van der Waals surface area contributed by atoms with Crippen molar-refractivity contribution < 1.29 is 9.59 Å². The van der Waals surface area contributed by atoms with Crippen LogP contribution in [0, 0.1) is 5.92 Å². The summed E-state index contributed by atoms with van der Waals surface area (Å²) in [6.07, 6.45) is 1.58. The lowest BCUT2D eigenvalue weighted by atomic mass is 10.0. The number of rotatable bonds is 10. The molecule has 2 aromatic rings. The Morgan fingerprint density at radius 2 is 1.69 bits per heavy atom. The molecule has 0 aliphatic heterocycles. The number of carbonyl (C=O) groups is 2. The Hall–Kier alpha value is -2.33. The van der Waals surface area contributed by atoms with Crippen molar-refractivity contribution in [2.24, 2.45) is 5.92 Å². The van der Waals surface area contributed by atoms with E-state index < -0.39 is 6.04 Å². The molecule has 0 saturated carbocycles. The minimum absolute atomic E-state index is 0.0342. The maximum atomic E-state index is 13.1. The molecule has 156 valence electrons. The number of nitrogens with one attached hydrogen (secondary N) is 1. The first-order valence-corrected chi connectivity index (χ1v) is 10.6. The molecule has 4 nitrogen and oxygen atoms in total. The quantitative estimate of drug-likeness (QED) is 0.604. The zero-order chi connectivity index (χ0) is 21.2. The Bertz CT molecular complexity index is 792. The van der Waals surface area contributed by atoms with Crippen molar-refractivity contribution in [1.29, 1.82) is 0 Å². The minimum atomic E-state index is -0.591. The van der Waals surface area contributed by atoms with Crippen molar-refractivity contribution in [1.82, 2.24) is 10.2 Å². The van der Waals surface area contributed by atoms with E-state index in [-0.39, 0.29) is 11.8 Å². The maximum absolute atomic E-state index is 13.1. The third-order valence-corrected chi connectivity index (χ3v) is 5.09. The van der Waals surface area contributed by atoms with Crippen molar-refractivity contribution in [3.63, 3.8) is 0 Å². The Balaban J connectivity index is 2.36. The Morgan fingerprint density at radius 1 is 1.03 bits per heavy atom. The van der Waals surface area contributed by atoms with Crippen molar-refractivity contribution in [3.8, 4) is 0 Å². The molecule has 0 fully saturated rings. The summed E-state index contributed by atoms with van der Waals surface area (Å²) in [7, 11) is 0. The van der Waals surface area contributed by atoms with E-state index >= 15 is 0 Å². The first-order chi connectivity index (χ1) is 13.9. The van der Waals surface area contributed by atoms with E-state index in [0.29, 0.717) is 36.9 Å². The number of benzene rings is 2. The van der Waals surface area contributed by atoms with Crippen LogP contribution in [0.1, 0.15) is 44.7 Å². The maximum Gasteiger partial charge on any atom is 0.243 e. The van der Waals surface area contributed by atoms with Crippen LogP contribution >= 0.6 is 11.6 Å². The summed E-state index contributed by atoms with van der Waals surface area (Å²) in [5.74, 6) is 0.173. The SMILES string of the molecule is CCCC(=O)N(Cc1ccccc1Cl)C(Cc1ccccc1)C(=O)NCC(C)C. The predicted octanol–water partition coefficient (Wildman–Crippen LogP) is 4.85. The van der Waals surface area contributed by atoms with E-state index in [1.54, 1.807) is 4.90 Å². The second-order valence-corrected chi connectivity index (χ2v) is 8.11. The van der Waals surface area contributed by atoms with Gasteiger partial charge in [-0.25, -0.2) is 0 Å². The van der Waals surface area contributed by atoms with Crippen LogP contribution in [0.4, 0.5) is 0 Å². The molecule has 29 heavy (non-hydrogen) atoms. The molecule has 0 saturated heterocycles. The molecule has 1 N–H and O–H groups in total. The fourth-order valence-corrected chi connectivity index (χ4v) is 3.34. The van der Waals surface area contributed by atoms with E-state index in [0.717, 1.165) is 17.5 Å². The molecular formula is C24H31ClN2O2. The van der Waals surface area contributed by atoms with Crippen LogP contribution in [-0.2, 0) is 22.6 Å². The van der Waals surface area contributed by atoms with Gasteiger partial charge in [0.2, 0.25) is 11.8 Å². The normalized spacial score (nSPS) is 11.9. The number of hydrogen-bond donors (Lipinski definition) is 1. The van der Waals surface area contributed by atoms with Gasteiger partial charge in [0.1, 0.15) is 6.04 Å². The second-order valence-electron chi connectivity index (χ2n) is 7.71. The molecule has 0 aromatic heterocycles. The summed E-state index contributed by atoms with van der Waals surface area (Å²) in [4.78, 5) is 27.9. The molecule has 5 heteroatoms. The molecule has 0 aliphatic rings. The van der Waals surface area contributed by atoms with Crippen molar-refractivity contribution in [2.45, 2.75) is 52.6 Å². The van der Waals surface area contributed by atoms with E-state index in [9.17, 15) is 9.59 Å². The summed E-state index contributed by atoms with van der Waals surface area (Å²) in [6.45, 7) is 6.96. The van der Waals surface area contributed by atoms with Crippen LogP contribution < -0.4 is 5.32 Å². The fourth-order valence-electron chi connectivity index (χ4n) is 3.14. The van der Waals surface area contributed by atoms with E-state index in [1.807, 2.05) is 61.5 Å². The van der Waals surface area contributed by atoms with Gasteiger partial charge in [-0.3, -0.25) is 9.59 Å². The number of carbonyl (C=O) groups excluding carboxylic acids is 2. The van der Waals surface area contributed by atoms with Crippen LogP contribution in [0.3, 0.4) is 0 Å². The van der Waals surface area contributed by atoms with Gasteiger partial charge in [0.15, 0.2) is 0 Å². The molecule has 0 radical (unpaired) electrons. The number of nitrogens with zero attached hydrogens (tertiary/aromatic N) is 1. The van der Waals surface area contributed by atoms with Gasteiger partial charge in [0.25, 0.3) is 0 Å². The van der Waals surface area contributed by atoms with Gasteiger partial charge in [0.05, 0.1) is 0 Å². The van der Waals surface area contributed by atoms with Crippen LogP contribution in [0.5, 0.6) is 0 Å². The highest BCUT2D eigenvalue weighted by molar-refractivity contribution is 6.31. The molecule has 2 aromatic carbocycles. The summed E-state index contributed by atoms with van der Waals surface area (Å²) in [6, 6.07) is 16.7. The smallest absolute Gasteiger partial charge is 0.243 e. The first-order valence-electron chi connectivity index (χ1n) is 10.3. The third-order valence-electron chi connectivity index (χ3n) is 4.72. The molecule has 2 amide bonds. The van der Waals surface area contributed by atoms with Gasteiger partial charge in [-0.1, -0.05) is 80.9 Å². The minimum Gasteiger partial charge on any atom is -0.354 e. The summed E-state index contributed by atoms with van der Waals surface area (Å²) < 4.78 is 0. The molecule has 1 unspecified atom stereocenters. The predicted molar refractivity (Wildman–Crippen MR) is 119 cm³/mol. The van der Waals surface area contributed by atoms with Crippen molar-refractivity contribution >= 4 is 23.4 Å². The largest absolute Gasteiger partial charge is 0.354 e. The monoisotopic (exact) mass is 414 g/mol. The van der Waals surface area contributed by atoms with Gasteiger partial charge in [-0.05, 0) is 29.5 Å². The molecule has 0 spiro atoms. The van der Waals surface area contributed by atoms with E-state index in [1.165, 1.54) is 0 Å². The zero-order valence-corrected chi connectivity index (χ0v) is 18.3. The third kappa shape index (κ3) is 7.21. The standard InChI is InChI=1S/C24H31ClN2O2/c1-4-10-23(28)27(17-20-13-8-9-14-21(20)25)22(24(29)26-16-18(2)3)15-19-11-6-5-7-12-19/h5-9,11-14,18,22H,4,10,15-17H2,1-3H3,(H,26,29). The lowest BCUT2D eigenvalue weighted by Crippen LogP contribution is -2.51. The molecular weight excluding hydrogens is 384 g/mol. The van der Waals surface area contributed by atoms with Gasteiger partial charge in [0, 0.05) is 31.0 Å². The highest BCUT2D eigenvalue weighted by Crippen LogP contribution is 2.21. The van der Waals surface area contributed by atoms with E-state index in [4.69, 9.17) is 11.6 Å². The van der Waals surface area contributed by atoms with Gasteiger partial charge >= 0.3 is 0 Å². The van der Waals surface area contributed by atoms with Crippen LogP contribution in [0.25, 0.3) is 0 Å². The van der Waals surface area contributed by atoms with Gasteiger partial charge < -0.3 is 10.2 Å². The van der Waals surface area contributed by atoms with E-state index in [2.05, 4.69) is 19.2 Å². The van der Waals surface area contributed by atoms with Crippen molar-refractivity contribution in [3.05, 3.63) is 70.7 Å². The van der Waals surface area contributed by atoms with Crippen LogP contribution in [-0.4, -0.2) is 29.3 Å². The Morgan fingerprint density at radius 3 is 2.31 bits per heavy atom. The molecule has 0 bridgehead atoms. The zero-order valence-electron chi connectivity index (χ0n) is 17.5. The summed E-state index contributed by atoms with van der Waals surface area (Å²) >= 11 is 6.36. The second kappa shape index (κ2) is 11.6. The first kappa shape index (κ1) is 23.0. The van der Waals surface area contributed by atoms with Gasteiger partial charge in [-0.15, -0.1) is 0 Å². The molecule has 0 aliphatic carbocycles. The lowest BCUT2D eigenvalue weighted by molar-refractivity contribution is -0.141. The summed E-state index contributed by atoms with van der Waals surface area (Å²) in [5.41, 5.74) is 1.86. The average Bonchev–Trinajstić information content (AvgIpc) is 2.71. The van der Waals surface area contributed by atoms with Crippen LogP contribution in [0.2, 0.25) is 5.02 Å². The van der Waals surface area contributed by atoms with Gasteiger partial charge in [-0.2, -0.15) is 0 Å². The highest BCUT2D eigenvalue weighted by atomic mass is 35.5. The molecule has 2 rings (SSSR count). The number of halogens is 1. The molecule has 0 heterocycles. The Labute approximate surface area is 179 Å². The fraction of sp³-hybridized carbons (Fsp3) is 0.417.